The number of phenols is 1. The summed E-state index contributed by atoms with van der Waals surface area (Å²) in [5.74, 6) is -2.81. The molecule has 1 spiro atoms. The van der Waals surface area contributed by atoms with E-state index in [1.165, 1.54) is 12.1 Å². The van der Waals surface area contributed by atoms with Gasteiger partial charge in [0.05, 0.1) is 0 Å². The molecule has 3 amide bonds. The number of benzene rings is 2. The number of hydrogen-bond donors (Lipinski definition) is 3. The van der Waals surface area contributed by atoms with Gasteiger partial charge in [-0.3, -0.25) is 10.1 Å². The van der Waals surface area contributed by atoms with Crippen LogP contribution in [0.15, 0.2) is 30.3 Å². The van der Waals surface area contributed by atoms with Crippen LogP contribution in [-0.2, 0) is 10.3 Å². The van der Waals surface area contributed by atoms with Crippen molar-refractivity contribution < 1.29 is 23.5 Å². The van der Waals surface area contributed by atoms with Gasteiger partial charge in [0.25, 0.3) is 5.91 Å². The quantitative estimate of drug-likeness (QED) is 0.649. The number of urea groups is 1. The van der Waals surface area contributed by atoms with Gasteiger partial charge in [-0.25, -0.2) is 13.6 Å². The number of aromatic hydroxyl groups is 1. The summed E-state index contributed by atoms with van der Waals surface area (Å²) in [5.41, 5.74) is -0.504. The van der Waals surface area contributed by atoms with Gasteiger partial charge >= 0.3 is 6.03 Å². The third-order valence-electron chi connectivity index (χ3n) is 4.04. The molecule has 7 heteroatoms. The Hall–Kier alpha value is -2.96. The molecule has 1 aliphatic carbocycles. The minimum atomic E-state index is -1.66. The number of hydrogen-bond acceptors (Lipinski definition) is 3. The molecule has 22 heavy (non-hydrogen) atoms. The van der Waals surface area contributed by atoms with E-state index < -0.39 is 34.9 Å². The van der Waals surface area contributed by atoms with E-state index >= 15 is 0 Å². The number of halogens is 2. The molecule has 2 aromatic rings. The van der Waals surface area contributed by atoms with E-state index in [0.29, 0.717) is 11.1 Å². The summed E-state index contributed by atoms with van der Waals surface area (Å²) in [4.78, 5) is 23.9. The van der Waals surface area contributed by atoms with Gasteiger partial charge in [0.15, 0.2) is 17.1 Å². The van der Waals surface area contributed by atoms with Crippen LogP contribution >= 0.6 is 0 Å². The number of carbonyl (C=O) groups excluding carboxylic acids is 2. The monoisotopic (exact) mass is 302 g/mol. The summed E-state index contributed by atoms with van der Waals surface area (Å²) in [7, 11) is 0. The van der Waals surface area contributed by atoms with Crippen molar-refractivity contribution >= 4 is 11.9 Å². The highest BCUT2D eigenvalue weighted by atomic mass is 19.1. The Balaban J connectivity index is 2.13. The predicted octanol–water partition coefficient (Wildman–Crippen LogP) is 1.73. The first kappa shape index (κ1) is 12.8. The molecule has 2 aliphatic rings. The topological polar surface area (TPSA) is 78.4 Å². The average molecular weight is 302 g/mol. The van der Waals surface area contributed by atoms with Crippen molar-refractivity contribution in [2.24, 2.45) is 0 Å². The van der Waals surface area contributed by atoms with Gasteiger partial charge in [-0.15, -0.1) is 0 Å². The maximum atomic E-state index is 13.7. The fourth-order valence-electron chi connectivity index (χ4n) is 3.14. The van der Waals surface area contributed by atoms with E-state index in [1.807, 2.05) is 0 Å². The summed E-state index contributed by atoms with van der Waals surface area (Å²) in [6.07, 6.45) is 0. The number of rotatable bonds is 0. The first-order chi connectivity index (χ1) is 10.4. The largest absolute Gasteiger partial charge is 0.505 e. The molecule has 1 saturated heterocycles. The van der Waals surface area contributed by atoms with Gasteiger partial charge in [-0.2, -0.15) is 0 Å². The molecule has 0 aromatic heterocycles. The second kappa shape index (κ2) is 3.82. The minimum absolute atomic E-state index is 0.204. The fraction of sp³-hybridized carbons (Fsp3) is 0.0667. The van der Waals surface area contributed by atoms with Crippen LogP contribution in [0.1, 0.15) is 11.1 Å². The van der Waals surface area contributed by atoms with Crippen molar-refractivity contribution in [1.82, 2.24) is 10.6 Å². The molecule has 5 nitrogen and oxygen atoms in total. The second-order valence-corrected chi connectivity index (χ2v) is 5.20. The Morgan fingerprint density at radius 2 is 1.73 bits per heavy atom. The Labute approximate surface area is 122 Å². The lowest BCUT2D eigenvalue weighted by atomic mass is 9.87. The van der Waals surface area contributed by atoms with Crippen LogP contribution in [0, 0.1) is 11.6 Å². The molecule has 1 unspecified atom stereocenters. The molecular formula is C15H8F2N2O3. The summed E-state index contributed by atoms with van der Waals surface area (Å²) in [6.45, 7) is 0. The second-order valence-electron chi connectivity index (χ2n) is 5.20. The first-order valence-electron chi connectivity index (χ1n) is 6.40. The zero-order chi connectivity index (χ0) is 15.6. The number of carbonyl (C=O) groups is 2. The first-order valence-corrected chi connectivity index (χ1v) is 6.40. The maximum Gasteiger partial charge on any atom is 0.322 e. The van der Waals surface area contributed by atoms with Gasteiger partial charge < -0.3 is 10.4 Å². The van der Waals surface area contributed by atoms with E-state index in [9.17, 15) is 23.5 Å². The van der Waals surface area contributed by atoms with Crippen LogP contribution in [0.2, 0.25) is 0 Å². The van der Waals surface area contributed by atoms with Gasteiger partial charge in [-0.05, 0) is 35.4 Å². The number of imide groups is 1. The molecular weight excluding hydrogens is 294 g/mol. The van der Waals surface area contributed by atoms with E-state index in [1.54, 1.807) is 0 Å². The minimum Gasteiger partial charge on any atom is -0.505 e. The van der Waals surface area contributed by atoms with E-state index in [0.717, 1.165) is 18.2 Å². The van der Waals surface area contributed by atoms with Gasteiger partial charge in [0.2, 0.25) is 0 Å². The summed E-state index contributed by atoms with van der Waals surface area (Å²) >= 11 is 0. The normalized spacial score (nSPS) is 21.5. The van der Waals surface area contributed by atoms with E-state index in [4.69, 9.17) is 0 Å². The van der Waals surface area contributed by atoms with Crippen molar-refractivity contribution in [1.29, 1.82) is 0 Å². The highest BCUT2D eigenvalue weighted by Gasteiger charge is 2.55. The summed E-state index contributed by atoms with van der Waals surface area (Å²) in [5, 5.41) is 14.2. The molecule has 1 atom stereocenters. The van der Waals surface area contributed by atoms with Gasteiger partial charge in [0.1, 0.15) is 5.82 Å². The van der Waals surface area contributed by atoms with Crippen molar-refractivity contribution in [3.05, 3.63) is 53.1 Å². The molecule has 0 bridgehead atoms. The molecule has 1 heterocycles. The molecule has 0 radical (unpaired) electrons. The zero-order valence-electron chi connectivity index (χ0n) is 10.9. The van der Waals surface area contributed by atoms with Crippen LogP contribution in [0.25, 0.3) is 11.1 Å². The molecule has 110 valence electrons. The van der Waals surface area contributed by atoms with Crippen LogP contribution in [0.3, 0.4) is 0 Å². The SMILES string of the molecule is O=C1NC(=O)C2(N1)c1cc(F)ccc1-c1cc(F)c(O)cc12. The number of amides is 3. The molecule has 0 saturated carbocycles. The number of nitrogens with one attached hydrogen (secondary N) is 2. The van der Waals surface area contributed by atoms with Crippen molar-refractivity contribution in [2.75, 3.05) is 0 Å². The Morgan fingerprint density at radius 1 is 1.00 bits per heavy atom. The maximum absolute atomic E-state index is 13.7. The Kier molecular flexibility index (Phi) is 2.21. The van der Waals surface area contributed by atoms with Crippen LogP contribution in [0.4, 0.5) is 13.6 Å². The van der Waals surface area contributed by atoms with Crippen molar-refractivity contribution in [3.63, 3.8) is 0 Å². The van der Waals surface area contributed by atoms with Crippen molar-refractivity contribution in [2.45, 2.75) is 5.54 Å². The smallest absolute Gasteiger partial charge is 0.322 e. The lowest BCUT2D eigenvalue weighted by molar-refractivity contribution is -0.122. The lowest BCUT2D eigenvalue weighted by Gasteiger charge is -2.23. The Bertz CT molecular complexity index is 881. The van der Waals surface area contributed by atoms with Gasteiger partial charge in [0, 0.05) is 11.1 Å². The summed E-state index contributed by atoms with van der Waals surface area (Å²) < 4.78 is 27.3. The molecule has 2 aromatic carbocycles. The van der Waals surface area contributed by atoms with Crippen LogP contribution < -0.4 is 10.6 Å². The molecule has 4 rings (SSSR count). The highest BCUT2D eigenvalue weighted by molar-refractivity contribution is 6.13. The van der Waals surface area contributed by atoms with Crippen LogP contribution in [-0.4, -0.2) is 17.0 Å². The van der Waals surface area contributed by atoms with Crippen LogP contribution in [0.5, 0.6) is 5.75 Å². The average Bonchev–Trinajstić information content (AvgIpc) is 2.89. The number of phenolic OH excluding ortho intramolecular Hbond substituents is 1. The third-order valence-corrected chi connectivity index (χ3v) is 4.04. The highest BCUT2D eigenvalue weighted by Crippen LogP contribution is 2.50. The Morgan fingerprint density at radius 3 is 2.41 bits per heavy atom. The zero-order valence-corrected chi connectivity index (χ0v) is 10.9. The van der Waals surface area contributed by atoms with Gasteiger partial charge in [-0.1, -0.05) is 6.07 Å². The number of fused-ring (bicyclic) bond motifs is 5. The standard InChI is InChI=1S/C15H8F2N2O3/c16-6-1-2-7-8-4-11(17)12(20)5-10(8)15(9(7)3-6)13(21)18-14(22)19-15/h1-5,20H,(H2,18,19,21,22). The fourth-order valence-corrected chi connectivity index (χ4v) is 3.14. The van der Waals surface area contributed by atoms with E-state index in [2.05, 4.69) is 10.6 Å². The third kappa shape index (κ3) is 1.35. The molecule has 3 N–H and O–H groups in total. The van der Waals surface area contributed by atoms with E-state index in [-0.39, 0.29) is 11.1 Å². The molecule has 1 fully saturated rings. The predicted molar refractivity (Wildman–Crippen MR) is 70.9 cm³/mol. The lowest BCUT2D eigenvalue weighted by Crippen LogP contribution is -2.43. The van der Waals surface area contributed by atoms with Crippen molar-refractivity contribution in [3.8, 4) is 16.9 Å². The summed E-state index contributed by atoms with van der Waals surface area (Å²) in [6, 6.07) is 5.11. The molecule has 1 aliphatic heterocycles.